The first-order valence-electron chi connectivity index (χ1n) is 9.29. The molecule has 29 heavy (non-hydrogen) atoms. The molecule has 0 aliphatic heterocycles. The summed E-state index contributed by atoms with van der Waals surface area (Å²) < 4.78 is 0. The summed E-state index contributed by atoms with van der Waals surface area (Å²) in [6.45, 7) is 0.534. The van der Waals surface area contributed by atoms with E-state index in [0.717, 1.165) is 11.1 Å². The van der Waals surface area contributed by atoms with Crippen LogP contribution in [0.15, 0.2) is 67.3 Å². The summed E-state index contributed by atoms with van der Waals surface area (Å²) >= 11 is 12.7. The molecule has 2 aromatic heterocycles. The Morgan fingerprint density at radius 2 is 1.52 bits per heavy atom. The van der Waals surface area contributed by atoms with E-state index in [0.29, 0.717) is 41.4 Å². The fraction of sp³-hybridized carbons (Fsp3) is 0.227. The van der Waals surface area contributed by atoms with Gasteiger partial charge in [0.2, 0.25) is 5.91 Å². The number of nitrogens with zero attached hydrogens (tertiary/aromatic N) is 2. The van der Waals surface area contributed by atoms with E-state index in [1.807, 2.05) is 24.3 Å². The van der Waals surface area contributed by atoms with Gasteiger partial charge in [-0.25, -0.2) is 0 Å². The van der Waals surface area contributed by atoms with Crippen molar-refractivity contribution in [1.29, 1.82) is 0 Å². The highest BCUT2D eigenvalue weighted by Gasteiger charge is 2.39. The Labute approximate surface area is 180 Å². The third-order valence-corrected chi connectivity index (χ3v) is 5.50. The molecule has 2 heterocycles. The van der Waals surface area contributed by atoms with Gasteiger partial charge in [-0.2, -0.15) is 0 Å². The van der Waals surface area contributed by atoms with E-state index in [1.165, 1.54) is 0 Å². The molecule has 5 nitrogen and oxygen atoms in total. The summed E-state index contributed by atoms with van der Waals surface area (Å²) in [4.78, 5) is 20.9. The van der Waals surface area contributed by atoms with Gasteiger partial charge >= 0.3 is 0 Å². The predicted octanol–water partition coefficient (Wildman–Crippen LogP) is 3.93. The van der Waals surface area contributed by atoms with Gasteiger partial charge in [0.25, 0.3) is 0 Å². The van der Waals surface area contributed by atoms with Crippen LogP contribution in [0.4, 0.5) is 0 Å². The van der Waals surface area contributed by atoms with Crippen molar-refractivity contribution in [1.82, 2.24) is 15.3 Å². The molecule has 0 aliphatic rings. The zero-order chi connectivity index (χ0) is 20.7. The lowest BCUT2D eigenvalue weighted by atomic mass is 9.83. The van der Waals surface area contributed by atoms with E-state index in [4.69, 9.17) is 28.9 Å². The van der Waals surface area contributed by atoms with Crippen LogP contribution >= 0.6 is 23.2 Å². The van der Waals surface area contributed by atoms with Crippen molar-refractivity contribution in [3.63, 3.8) is 0 Å². The number of aryl methyl sites for hydroxylation is 1. The molecular weight excluding hydrogens is 407 g/mol. The average Bonchev–Trinajstić information content (AvgIpc) is 2.74. The molecule has 0 saturated heterocycles. The zero-order valence-electron chi connectivity index (χ0n) is 15.8. The number of halogens is 2. The number of nitrogens with one attached hydrogen (secondary N) is 1. The molecular formula is C22H22Cl2N4O. The Morgan fingerprint density at radius 3 is 2.10 bits per heavy atom. The summed E-state index contributed by atoms with van der Waals surface area (Å²) in [7, 11) is 0. The molecule has 3 aromatic rings. The fourth-order valence-electron chi connectivity index (χ4n) is 3.34. The van der Waals surface area contributed by atoms with Crippen molar-refractivity contribution < 1.29 is 4.79 Å². The minimum atomic E-state index is -1.15. The number of hydrogen-bond acceptors (Lipinski definition) is 4. The van der Waals surface area contributed by atoms with Gasteiger partial charge < -0.3 is 5.73 Å². The molecule has 0 spiro atoms. The average molecular weight is 429 g/mol. The third kappa shape index (κ3) is 5.32. The van der Waals surface area contributed by atoms with Crippen LogP contribution in [0.25, 0.3) is 0 Å². The summed E-state index contributed by atoms with van der Waals surface area (Å²) in [5.41, 5.74) is 7.54. The van der Waals surface area contributed by atoms with Crippen LogP contribution in [-0.2, 0) is 23.2 Å². The lowest BCUT2D eigenvalue weighted by Crippen LogP contribution is -2.53. The lowest BCUT2D eigenvalue weighted by Gasteiger charge is -2.33. The smallest absolute Gasteiger partial charge is 0.242 e. The number of aromatic nitrogens is 2. The Kier molecular flexibility index (Phi) is 7.20. The molecule has 0 radical (unpaired) electrons. The van der Waals surface area contributed by atoms with Crippen molar-refractivity contribution >= 4 is 29.1 Å². The van der Waals surface area contributed by atoms with Crippen LogP contribution in [0.5, 0.6) is 0 Å². The minimum Gasteiger partial charge on any atom is -0.368 e. The second-order valence-corrected chi connectivity index (χ2v) is 7.63. The molecule has 0 fully saturated rings. The number of nitrogens with two attached hydrogens (primary N) is 1. The number of rotatable bonds is 9. The number of carbonyl (C=O) groups excluding carboxylic acids is 1. The highest BCUT2D eigenvalue weighted by molar-refractivity contribution is 6.34. The van der Waals surface area contributed by atoms with E-state index in [9.17, 15) is 4.79 Å². The first-order chi connectivity index (χ1) is 14.0. The van der Waals surface area contributed by atoms with Gasteiger partial charge in [0.05, 0.1) is 0 Å². The van der Waals surface area contributed by atoms with Crippen LogP contribution in [-0.4, -0.2) is 22.4 Å². The molecule has 0 aliphatic carbocycles. The second-order valence-electron chi connectivity index (χ2n) is 6.78. The molecule has 0 bridgehead atoms. The molecule has 1 atom stereocenters. The lowest BCUT2D eigenvalue weighted by molar-refractivity contribution is -0.125. The van der Waals surface area contributed by atoms with E-state index < -0.39 is 11.4 Å². The molecule has 1 aromatic carbocycles. The van der Waals surface area contributed by atoms with Gasteiger partial charge in [0, 0.05) is 46.9 Å². The van der Waals surface area contributed by atoms with Crippen molar-refractivity contribution in [3.8, 4) is 0 Å². The van der Waals surface area contributed by atoms with Crippen LogP contribution in [0.2, 0.25) is 10.0 Å². The Balaban J connectivity index is 1.90. The Bertz CT molecular complexity index is 954. The van der Waals surface area contributed by atoms with E-state index in [-0.39, 0.29) is 0 Å². The van der Waals surface area contributed by atoms with Crippen molar-refractivity contribution in [2.24, 2.45) is 5.73 Å². The van der Waals surface area contributed by atoms with Crippen molar-refractivity contribution in [2.75, 3.05) is 6.54 Å². The van der Waals surface area contributed by atoms with E-state index >= 15 is 0 Å². The first-order valence-corrected chi connectivity index (χ1v) is 10.0. The van der Waals surface area contributed by atoms with Gasteiger partial charge in [-0.1, -0.05) is 23.2 Å². The topological polar surface area (TPSA) is 80.9 Å². The maximum atomic E-state index is 12.8. The summed E-state index contributed by atoms with van der Waals surface area (Å²) in [5, 5.41) is 4.32. The highest BCUT2D eigenvalue weighted by atomic mass is 35.5. The van der Waals surface area contributed by atoms with Crippen LogP contribution in [0.1, 0.15) is 23.1 Å². The zero-order valence-corrected chi connectivity index (χ0v) is 17.3. The normalized spacial score (nSPS) is 13.0. The maximum Gasteiger partial charge on any atom is 0.242 e. The SMILES string of the molecule is NC(=O)C(CCc1ccncc1)(NCCc1ccncc1)c1cc(Cl)ccc1Cl. The Morgan fingerprint density at radius 1 is 0.931 bits per heavy atom. The third-order valence-electron chi connectivity index (χ3n) is 4.94. The number of benzene rings is 1. The summed E-state index contributed by atoms with van der Waals surface area (Å²) in [5.74, 6) is -0.495. The molecule has 1 amide bonds. The number of carbonyl (C=O) groups is 1. The number of amides is 1. The molecule has 7 heteroatoms. The standard InChI is InChI=1S/C22H22Cl2N4O/c23-18-1-2-20(24)19(15-18)22(21(25)29,9-3-16-4-10-26-11-5-16)28-14-8-17-6-12-27-13-7-17/h1-2,4-7,10-13,15,28H,3,8-9,14H2,(H2,25,29). The summed E-state index contributed by atoms with van der Waals surface area (Å²) in [6, 6.07) is 12.8. The minimum absolute atomic E-state index is 0.433. The van der Waals surface area contributed by atoms with Crippen LogP contribution in [0, 0.1) is 0 Å². The molecule has 3 rings (SSSR count). The van der Waals surface area contributed by atoms with Gasteiger partial charge in [0.1, 0.15) is 5.54 Å². The summed E-state index contributed by atoms with van der Waals surface area (Å²) in [6.07, 6.45) is 8.71. The predicted molar refractivity (Wildman–Crippen MR) is 116 cm³/mol. The molecule has 150 valence electrons. The number of pyridine rings is 2. The largest absolute Gasteiger partial charge is 0.368 e. The van der Waals surface area contributed by atoms with Crippen LogP contribution in [0.3, 0.4) is 0 Å². The van der Waals surface area contributed by atoms with Crippen molar-refractivity contribution in [2.45, 2.75) is 24.8 Å². The van der Waals surface area contributed by atoms with Gasteiger partial charge in [-0.05, 0) is 72.9 Å². The number of hydrogen-bond donors (Lipinski definition) is 2. The van der Waals surface area contributed by atoms with Gasteiger partial charge in [-0.15, -0.1) is 0 Å². The van der Waals surface area contributed by atoms with Crippen molar-refractivity contribution in [3.05, 3.63) is 94.0 Å². The van der Waals surface area contributed by atoms with Gasteiger partial charge in [0.15, 0.2) is 0 Å². The highest BCUT2D eigenvalue weighted by Crippen LogP contribution is 2.34. The van der Waals surface area contributed by atoms with E-state index in [2.05, 4.69) is 15.3 Å². The second kappa shape index (κ2) is 9.83. The van der Waals surface area contributed by atoms with Gasteiger partial charge in [-0.3, -0.25) is 20.1 Å². The number of primary amides is 1. The molecule has 1 unspecified atom stereocenters. The van der Waals surface area contributed by atoms with Crippen LogP contribution < -0.4 is 11.1 Å². The molecule has 0 saturated carbocycles. The monoisotopic (exact) mass is 428 g/mol. The fourth-order valence-corrected chi connectivity index (χ4v) is 3.79. The molecule has 3 N–H and O–H groups in total. The van der Waals surface area contributed by atoms with E-state index in [1.54, 1.807) is 43.0 Å². The maximum absolute atomic E-state index is 12.8. The first kappa shape index (κ1) is 21.2. The Hall–Kier alpha value is -2.47. The quantitative estimate of drug-likeness (QED) is 0.540.